The lowest BCUT2D eigenvalue weighted by molar-refractivity contribution is -0.122. The van der Waals surface area contributed by atoms with Gasteiger partial charge in [-0.1, -0.05) is 0 Å². The smallest absolute Gasteiger partial charge is 0.290 e. The highest BCUT2D eigenvalue weighted by Gasteiger charge is 2.35. The van der Waals surface area contributed by atoms with E-state index in [-0.39, 0.29) is 23.5 Å². The van der Waals surface area contributed by atoms with Crippen molar-refractivity contribution in [2.45, 2.75) is 31.9 Å². The van der Waals surface area contributed by atoms with E-state index in [1.54, 1.807) is 37.3 Å². The van der Waals surface area contributed by atoms with Gasteiger partial charge in [0.25, 0.3) is 11.8 Å². The van der Waals surface area contributed by atoms with Crippen molar-refractivity contribution in [1.82, 2.24) is 4.90 Å². The Bertz CT molecular complexity index is 893. The number of nitrogens with zero attached hydrogens (tertiary/aromatic N) is 1. The number of amides is 3. The molecule has 0 saturated carbocycles. The normalized spacial score (nSPS) is 21.2. The van der Waals surface area contributed by atoms with E-state index < -0.39 is 12.1 Å². The molecule has 0 radical (unpaired) electrons. The van der Waals surface area contributed by atoms with Gasteiger partial charge in [-0.15, -0.1) is 0 Å². The van der Waals surface area contributed by atoms with E-state index in [1.807, 2.05) is 0 Å². The molecule has 2 atom stereocenters. The number of rotatable bonds is 3. The fourth-order valence-electron chi connectivity index (χ4n) is 3.34. The predicted molar refractivity (Wildman–Crippen MR) is 96.6 cm³/mol. The Hall–Kier alpha value is -3.29. The van der Waals surface area contributed by atoms with E-state index >= 15 is 0 Å². The van der Waals surface area contributed by atoms with Crippen LogP contribution in [0.4, 0.5) is 11.4 Å². The summed E-state index contributed by atoms with van der Waals surface area (Å²) in [5, 5.41) is 5.57. The number of furan rings is 1. The van der Waals surface area contributed by atoms with Crippen LogP contribution in [0.1, 0.15) is 30.3 Å². The monoisotopic (exact) mass is 369 g/mol. The maximum atomic E-state index is 12.7. The van der Waals surface area contributed by atoms with Crippen LogP contribution < -0.4 is 15.4 Å². The fraction of sp³-hybridized carbons (Fsp3) is 0.316. The number of benzene rings is 1. The third kappa shape index (κ3) is 3.25. The molecule has 2 aliphatic rings. The van der Waals surface area contributed by atoms with Crippen molar-refractivity contribution >= 4 is 29.1 Å². The Kier molecular flexibility index (Phi) is 4.31. The van der Waals surface area contributed by atoms with Crippen molar-refractivity contribution in [3.63, 3.8) is 0 Å². The number of carbonyl (C=O) groups excluding carboxylic acids is 3. The average Bonchev–Trinajstić information content (AvgIpc) is 3.34. The summed E-state index contributed by atoms with van der Waals surface area (Å²) in [5.41, 5.74) is 1.03. The lowest BCUT2D eigenvalue weighted by atomic mass is 10.1. The van der Waals surface area contributed by atoms with Crippen LogP contribution in [0.5, 0.6) is 5.75 Å². The van der Waals surface area contributed by atoms with Crippen molar-refractivity contribution in [2.24, 2.45) is 0 Å². The summed E-state index contributed by atoms with van der Waals surface area (Å²) in [6.45, 7) is 2.17. The van der Waals surface area contributed by atoms with Crippen molar-refractivity contribution < 1.29 is 23.5 Å². The van der Waals surface area contributed by atoms with Crippen LogP contribution >= 0.6 is 0 Å². The minimum atomic E-state index is -0.565. The summed E-state index contributed by atoms with van der Waals surface area (Å²) in [7, 11) is 0. The van der Waals surface area contributed by atoms with Gasteiger partial charge in [-0.2, -0.15) is 0 Å². The van der Waals surface area contributed by atoms with E-state index in [1.165, 1.54) is 11.2 Å². The molecule has 1 aromatic carbocycles. The molecule has 2 aromatic rings. The fourth-order valence-corrected chi connectivity index (χ4v) is 3.34. The quantitative estimate of drug-likeness (QED) is 0.864. The van der Waals surface area contributed by atoms with Crippen LogP contribution in [0.2, 0.25) is 0 Å². The van der Waals surface area contributed by atoms with Crippen LogP contribution in [0, 0.1) is 0 Å². The molecule has 1 aromatic heterocycles. The minimum Gasteiger partial charge on any atom is -0.479 e. The molecule has 0 unspecified atom stereocenters. The largest absolute Gasteiger partial charge is 0.479 e. The second-order valence-electron chi connectivity index (χ2n) is 6.58. The highest BCUT2D eigenvalue weighted by molar-refractivity contribution is 6.02. The van der Waals surface area contributed by atoms with Crippen LogP contribution in [-0.2, 0) is 9.59 Å². The summed E-state index contributed by atoms with van der Waals surface area (Å²) >= 11 is 0. The lowest BCUT2D eigenvalue weighted by Gasteiger charge is -2.25. The Labute approximate surface area is 155 Å². The Morgan fingerprint density at radius 1 is 1.30 bits per heavy atom. The van der Waals surface area contributed by atoms with Gasteiger partial charge in [0.15, 0.2) is 11.9 Å². The third-order valence-corrected chi connectivity index (χ3v) is 4.73. The highest BCUT2D eigenvalue weighted by Crippen LogP contribution is 2.32. The van der Waals surface area contributed by atoms with Gasteiger partial charge >= 0.3 is 0 Å². The second-order valence-corrected chi connectivity index (χ2v) is 6.58. The molecule has 2 aliphatic heterocycles. The van der Waals surface area contributed by atoms with Crippen LogP contribution in [0.25, 0.3) is 0 Å². The van der Waals surface area contributed by atoms with Crippen LogP contribution in [-0.4, -0.2) is 41.3 Å². The van der Waals surface area contributed by atoms with Gasteiger partial charge in [-0.25, -0.2) is 0 Å². The summed E-state index contributed by atoms with van der Waals surface area (Å²) in [6.07, 6.45) is 2.21. The zero-order valence-electron chi connectivity index (χ0n) is 14.7. The Morgan fingerprint density at radius 2 is 2.15 bits per heavy atom. The summed E-state index contributed by atoms with van der Waals surface area (Å²) < 4.78 is 10.7. The van der Waals surface area contributed by atoms with E-state index in [0.29, 0.717) is 30.1 Å². The topological polar surface area (TPSA) is 101 Å². The molecule has 4 rings (SSSR count). The summed E-state index contributed by atoms with van der Waals surface area (Å²) in [4.78, 5) is 38.5. The number of hydrogen-bond donors (Lipinski definition) is 2. The first-order valence-corrected chi connectivity index (χ1v) is 8.80. The number of hydrogen-bond acceptors (Lipinski definition) is 5. The first-order valence-electron chi connectivity index (χ1n) is 8.80. The number of ether oxygens (including phenoxy) is 1. The maximum absolute atomic E-state index is 12.7. The molecule has 3 amide bonds. The zero-order valence-corrected chi connectivity index (χ0v) is 14.7. The molecular weight excluding hydrogens is 350 g/mol. The minimum absolute atomic E-state index is 0.220. The SMILES string of the molecule is C[C@@H]1Oc2ccc(NC(=O)[C@@H]3CCCN3C(=O)c3ccco3)cc2NC1=O. The summed E-state index contributed by atoms with van der Waals surface area (Å²) in [6, 6.07) is 7.70. The van der Waals surface area contributed by atoms with Gasteiger partial charge in [0, 0.05) is 12.2 Å². The molecule has 8 nitrogen and oxygen atoms in total. The first kappa shape index (κ1) is 17.1. The van der Waals surface area contributed by atoms with Gasteiger partial charge in [0.1, 0.15) is 11.8 Å². The highest BCUT2D eigenvalue weighted by atomic mass is 16.5. The van der Waals surface area contributed by atoms with Crippen LogP contribution in [0.15, 0.2) is 41.0 Å². The van der Waals surface area contributed by atoms with Gasteiger partial charge in [-0.05, 0) is 50.1 Å². The van der Waals surface area contributed by atoms with Crippen molar-refractivity contribution in [3.8, 4) is 5.75 Å². The van der Waals surface area contributed by atoms with Crippen molar-refractivity contribution in [3.05, 3.63) is 42.4 Å². The number of carbonyl (C=O) groups is 3. The van der Waals surface area contributed by atoms with Crippen LogP contribution in [0.3, 0.4) is 0 Å². The molecule has 0 spiro atoms. The zero-order chi connectivity index (χ0) is 19.0. The third-order valence-electron chi connectivity index (χ3n) is 4.73. The number of fused-ring (bicyclic) bond motifs is 1. The molecule has 3 heterocycles. The Morgan fingerprint density at radius 3 is 2.93 bits per heavy atom. The van der Waals surface area contributed by atoms with Crippen molar-refractivity contribution in [1.29, 1.82) is 0 Å². The standard InChI is InChI=1S/C19H19N3O5/c1-11-17(23)21-13-10-12(6-7-15(13)27-11)20-18(24)14-4-2-8-22(14)19(25)16-5-3-9-26-16/h3,5-7,9-11,14H,2,4,8H2,1H3,(H,20,24)(H,21,23)/t11-,14-/m0/s1. The lowest BCUT2D eigenvalue weighted by Crippen LogP contribution is -2.43. The molecular formula is C19H19N3O5. The number of nitrogens with one attached hydrogen (secondary N) is 2. The van der Waals surface area contributed by atoms with Gasteiger partial charge in [-0.3, -0.25) is 14.4 Å². The molecule has 1 fully saturated rings. The molecule has 140 valence electrons. The summed E-state index contributed by atoms with van der Waals surface area (Å²) in [5.74, 6) is -0.0356. The van der Waals surface area contributed by atoms with Gasteiger partial charge in [0.2, 0.25) is 5.91 Å². The number of anilines is 2. The van der Waals surface area contributed by atoms with Gasteiger partial charge in [0.05, 0.1) is 12.0 Å². The van der Waals surface area contributed by atoms with Crippen molar-refractivity contribution in [2.75, 3.05) is 17.2 Å². The second kappa shape index (κ2) is 6.79. The van der Waals surface area contributed by atoms with E-state index in [9.17, 15) is 14.4 Å². The van der Waals surface area contributed by atoms with E-state index in [4.69, 9.17) is 9.15 Å². The molecule has 0 aliphatic carbocycles. The average molecular weight is 369 g/mol. The molecule has 2 N–H and O–H groups in total. The maximum Gasteiger partial charge on any atom is 0.290 e. The van der Waals surface area contributed by atoms with E-state index in [0.717, 1.165) is 6.42 Å². The van der Waals surface area contributed by atoms with E-state index in [2.05, 4.69) is 10.6 Å². The molecule has 0 bridgehead atoms. The van der Waals surface area contributed by atoms with Gasteiger partial charge < -0.3 is 24.7 Å². The number of likely N-dealkylation sites (tertiary alicyclic amines) is 1. The molecule has 8 heteroatoms. The predicted octanol–water partition coefficient (Wildman–Crippen LogP) is 2.24. The Balaban J connectivity index is 1.48. The molecule has 1 saturated heterocycles. The first-order chi connectivity index (χ1) is 13.0. The molecule has 27 heavy (non-hydrogen) atoms.